The van der Waals surface area contributed by atoms with E-state index in [4.69, 9.17) is 0 Å². The third kappa shape index (κ3) is 12.1. The normalized spacial score (nSPS) is 11.1. The van der Waals surface area contributed by atoms with Crippen LogP contribution in [0.1, 0.15) is 108 Å². The standard InChI is InChI=1S/C23H39Br/c1-2-3-4-5-6-7-8-9-10-11-12-13-14-15-17-22-18-16-19-23(20-22)21-24/h16,18-20H,2-15,17,21H2,1H3. The van der Waals surface area contributed by atoms with Crippen LogP contribution in [0.25, 0.3) is 0 Å². The van der Waals surface area contributed by atoms with Crippen molar-refractivity contribution >= 4 is 15.9 Å². The van der Waals surface area contributed by atoms with Gasteiger partial charge in [-0.05, 0) is 24.0 Å². The minimum Gasteiger partial charge on any atom is -0.0876 e. The van der Waals surface area contributed by atoms with E-state index >= 15 is 0 Å². The summed E-state index contributed by atoms with van der Waals surface area (Å²) in [4.78, 5) is 0. The Morgan fingerprint density at radius 2 is 1.08 bits per heavy atom. The first kappa shape index (κ1) is 21.7. The SMILES string of the molecule is CCCCCCCCCCCCCCCCc1cccc(CBr)c1. The third-order valence-electron chi connectivity index (χ3n) is 4.96. The molecule has 0 atom stereocenters. The summed E-state index contributed by atoms with van der Waals surface area (Å²) >= 11 is 3.54. The maximum Gasteiger partial charge on any atom is 0.0283 e. The van der Waals surface area contributed by atoms with E-state index in [9.17, 15) is 0 Å². The summed E-state index contributed by atoms with van der Waals surface area (Å²) < 4.78 is 0. The van der Waals surface area contributed by atoms with Crippen LogP contribution in [0.4, 0.5) is 0 Å². The van der Waals surface area contributed by atoms with Gasteiger partial charge >= 0.3 is 0 Å². The maximum absolute atomic E-state index is 3.54. The first-order chi connectivity index (χ1) is 11.9. The van der Waals surface area contributed by atoms with E-state index < -0.39 is 0 Å². The fourth-order valence-corrected chi connectivity index (χ4v) is 3.74. The second-order valence-electron chi connectivity index (χ2n) is 7.30. The first-order valence-corrected chi connectivity index (χ1v) is 11.6. The monoisotopic (exact) mass is 394 g/mol. The highest BCUT2D eigenvalue weighted by Crippen LogP contribution is 2.15. The molecule has 24 heavy (non-hydrogen) atoms. The fourth-order valence-electron chi connectivity index (χ4n) is 3.39. The van der Waals surface area contributed by atoms with E-state index in [2.05, 4.69) is 47.1 Å². The predicted octanol–water partition coefficient (Wildman–Crippen LogP) is 8.61. The minimum absolute atomic E-state index is 0.972. The van der Waals surface area contributed by atoms with Crippen molar-refractivity contribution in [2.75, 3.05) is 0 Å². The van der Waals surface area contributed by atoms with E-state index in [1.165, 1.54) is 107 Å². The van der Waals surface area contributed by atoms with Crippen LogP contribution < -0.4 is 0 Å². The van der Waals surface area contributed by atoms with E-state index in [-0.39, 0.29) is 0 Å². The number of aryl methyl sites for hydroxylation is 1. The molecular weight excluding hydrogens is 356 g/mol. The Morgan fingerprint density at radius 1 is 0.625 bits per heavy atom. The van der Waals surface area contributed by atoms with Crippen molar-refractivity contribution in [2.45, 2.75) is 109 Å². The summed E-state index contributed by atoms with van der Waals surface area (Å²) in [6, 6.07) is 9.00. The molecule has 0 saturated heterocycles. The second kappa shape index (κ2) is 16.2. The molecule has 0 radical (unpaired) electrons. The maximum atomic E-state index is 3.54. The van der Waals surface area contributed by atoms with Crippen molar-refractivity contribution in [3.63, 3.8) is 0 Å². The molecule has 1 heteroatoms. The molecule has 0 spiro atoms. The average molecular weight is 395 g/mol. The molecule has 1 aromatic rings. The Balaban J connectivity index is 1.82. The molecule has 0 saturated carbocycles. The van der Waals surface area contributed by atoms with Crippen LogP contribution in [0.5, 0.6) is 0 Å². The molecule has 0 aliphatic carbocycles. The zero-order chi connectivity index (χ0) is 17.3. The van der Waals surface area contributed by atoms with Crippen molar-refractivity contribution in [2.24, 2.45) is 0 Å². The van der Waals surface area contributed by atoms with Crippen molar-refractivity contribution in [1.29, 1.82) is 0 Å². The van der Waals surface area contributed by atoms with Gasteiger partial charge in [0.15, 0.2) is 0 Å². The fraction of sp³-hybridized carbons (Fsp3) is 0.739. The molecule has 0 fully saturated rings. The smallest absolute Gasteiger partial charge is 0.0283 e. The molecule has 1 rings (SSSR count). The molecule has 0 aliphatic heterocycles. The zero-order valence-electron chi connectivity index (χ0n) is 16.0. The van der Waals surface area contributed by atoms with Crippen LogP contribution in [-0.2, 0) is 11.8 Å². The molecule has 138 valence electrons. The van der Waals surface area contributed by atoms with Crippen molar-refractivity contribution in [3.8, 4) is 0 Å². The molecule has 0 bridgehead atoms. The highest BCUT2D eigenvalue weighted by Gasteiger charge is 1.97. The Hall–Kier alpha value is -0.300. The van der Waals surface area contributed by atoms with Crippen LogP contribution in [0.3, 0.4) is 0 Å². The predicted molar refractivity (Wildman–Crippen MR) is 113 cm³/mol. The summed E-state index contributed by atoms with van der Waals surface area (Å²) in [6.45, 7) is 2.29. The van der Waals surface area contributed by atoms with Gasteiger partial charge in [-0.1, -0.05) is 131 Å². The van der Waals surface area contributed by atoms with Gasteiger partial charge in [-0.2, -0.15) is 0 Å². The lowest BCUT2D eigenvalue weighted by molar-refractivity contribution is 0.535. The lowest BCUT2D eigenvalue weighted by Gasteiger charge is -2.05. The quantitative estimate of drug-likeness (QED) is 0.194. The first-order valence-electron chi connectivity index (χ1n) is 10.5. The van der Waals surface area contributed by atoms with Crippen molar-refractivity contribution in [1.82, 2.24) is 0 Å². The van der Waals surface area contributed by atoms with Crippen LogP contribution in [0, 0.1) is 0 Å². The van der Waals surface area contributed by atoms with E-state index in [1.54, 1.807) is 0 Å². The van der Waals surface area contributed by atoms with Crippen molar-refractivity contribution in [3.05, 3.63) is 35.4 Å². The largest absolute Gasteiger partial charge is 0.0876 e. The number of hydrogen-bond acceptors (Lipinski definition) is 0. The van der Waals surface area contributed by atoms with Crippen molar-refractivity contribution < 1.29 is 0 Å². The summed E-state index contributed by atoms with van der Waals surface area (Å²) in [5, 5.41) is 0.972. The van der Waals surface area contributed by atoms with Gasteiger partial charge in [0, 0.05) is 5.33 Å². The average Bonchev–Trinajstić information content (AvgIpc) is 2.62. The van der Waals surface area contributed by atoms with E-state index in [1.807, 2.05) is 0 Å². The topological polar surface area (TPSA) is 0 Å². The zero-order valence-corrected chi connectivity index (χ0v) is 17.6. The van der Waals surface area contributed by atoms with Crippen LogP contribution in [0.15, 0.2) is 24.3 Å². The Bertz CT molecular complexity index is 385. The highest BCUT2D eigenvalue weighted by molar-refractivity contribution is 9.08. The highest BCUT2D eigenvalue weighted by atomic mass is 79.9. The number of hydrogen-bond donors (Lipinski definition) is 0. The Morgan fingerprint density at radius 3 is 1.58 bits per heavy atom. The van der Waals surface area contributed by atoms with Gasteiger partial charge in [0.1, 0.15) is 0 Å². The van der Waals surface area contributed by atoms with Gasteiger partial charge in [-0.3, -0.25) is 0 Å². The molecule has 0 nitrogen and oxygen atoms in total. The molecule has 0 amide bonds. The summed E-state index contributed by atoms with van der Waals surface area (Å²) in [6.07, 6.45) is 21.4. The number of alkyl halides is 1. The van der Waals surface area contributed by atoms with Gasteiger partial charge in [0.05, 0.1) is 0 Å². The van der Waals surface area contributed by atoms with E-state index in [0.717, 1.165) is 5.33 Å². The minimum atomic E-state index is 0.972. The van der Waals surface area contributed by atoms with Crippen LogP contribution in [0.2, 0.25) is 0 Å². The van der Waals surface area contributed by atoms with Crippen LogP contribution >= 0.6 is 15.9 Å². The number of benzene rings is 1. The number of unbranched alkanes of at least 4 members (excludes halogenated alkanes) is 13. The Labute approximate surface area is 160 Å². The third-order valence-corrected chi connectivity index (χ3v) is 5.61. The van der Waals surface area contributed by atoms with Crippen LogP contribution in [-0.4, -0.2) is 0 Å². The molecule has 1 aromatic carbocycles. The van der Waals surface area contributed by atoms with Gasteiger partial charge in [-0.25, -0.2) is 0 Å². The molecule has 0 aliphatic rings. The summed E-state index contributed by atoms with van der Waals surface area (Å²) in [5.74, 6) is 0. The molecule has 0 heterocycles. The number of rotatable bonds is 16. The lowest BCUT2D eigenvalue weighted by Crippen LogP contribution is -1.88. The van der Waals surface area contributed by atoms with Gasteiger partial charge in [-0.15, -0.1) is 0 Å². The molecule has 0 unspecified atom stereocenters. The van der Waals surface area contributed by atoms with Gasteiger partial charge in [0.25, 0.3) is 0 Å². The van der Waals surface area contributed by atoms with Gasteiger partial charge in [0.2, 0.25) is 0 Å². The number of halogens is 1. The summed E-state index contributed by atoms with van der Waals surface area (Å²) in [5.41, 5.74) is 2.91. The Kier molecular flexibility index (Phi) is 14.7. The molecular formula is C23H39Br. The van der Waals surface area contributed by atoms with Gasteiger partial charge < -0.3 is 0 Å². The lowest BCUT2D eigenvalue weighted by atomic mass is 10.0. The second-order valence-corrected chi connectivity index (χ2v) is 7.86. The molecule has 0 N–H and O–H groups in total. The summed E-state index contributed by atoms with van der Waals surface area (Å²) in [7, 11) is 0. The van der Waals surface area contributed by atoms with E-state index in [0.29, 0.717) is 0 Å². The molecule has 0 aromatic heterocycles.